The topological polar surface area (TPSA) is 75.9 Å². The zero-order chi connectivity index (χ0) is 19.9. The summed E-state index contributed by atoms with van der Waals surface area (Å²) in [5, 5.41) is 11.0. The number of guanidine groups is 1. The van der Waals surface area contributed by atoms with Crippen LogP contribution >= 0.6 is 24.0 Å². The van der Waals surface area contributed by atoms with Crippen molar-refractivity contribution in [2.75, 3.05) is 45.7 Å². The van der Waals surface area contributed by atoms with E-state index in [2.05, 4.69) is 41.7 Å². The molecule has 0 aliphatic carbocycles. The van der Waals surface area contributed by atoms with Gasteiger partial charge in [-0.2, -0.15) is 5.10 Å². The Morgan fingerprint density at radius 3 is 2.69 bits per heavy atom. The third-order valence-corrected chi connectivity index (χ3v) is 4.51. The highest BCUT2D eigenvalue weighted by Gasteiger charge is 2.16. The van der Waals surface area contributed by atoms with Crippen LogP contribution < -0.4 is 20.1 Å². The molecule has 0 amide bonds. The van der Waals surface area contributed by atoms with E-state index >= 15 is 0 Å². The summed E-state index contributed by atoms with van der Waals surface area (Å²) in [5.74, 6) is 2.28. The van der Waals surface area contributed by atoms with E-state index in [1.807, 2.05) is 42.3 Å². The molecule has 0 saturated carbocycles. The van der Waals surface area contributed by atoms with Crippen molar-refractivity contribution in [1.82, 2.24) is 20.0 Å². The zero-order valence-electron chi connectivity index (χ0n) is 17.5. The number of ether oxygens (including phenoxy) is 2. The summed E-state index contributed by atoms with van der Waals surface area (Å²) in [6, 6.07) is 6.02. The lowest BCUT2D eigenvalue weighted by molar-refractivity contribution is 0.297. The summed E-state index contributed by atoms with van der Waals surface area (Å²) in [5.41, 5.74) is 2.05. The number of benzene rings is 1. The van der Waals surface area contributed by atoms with Crippen LogP contribution in [0, 0.1) is 0 Å². The first-order valence-electron chi connectivity index (χ1n) is 9.66. The van der Waals surface area contributed by atoms with E-state index in [1.165, 1.54) is 0 Å². The minimum atomic E-state index is 0. The predicted molar refractivity (Wildman–Crippen MR) is 127 cm³/mol. The molecule has 9 heteroatoms. The third kappa shape index (κ3) is 6.49. The van der Waals surface area contributed by atoms with Gasteiger partial charge in [-0.25, -0.2) is 0 Å². The molecule has 29 heavy (non-hydrogen) atoms. The molecule has 1 aliphatic heterocycles. The van der Waals surface area contributed by atoms with Gasteiger partial charge in [0.15, 0.2) is 17.5 Å². The normalized spacial score (nSPS) is 14.7. The van der Waals surface area contributed by atoms with Gasteiger partial charge in [-0.15, -0.1) is 24.0 Å². The minimum Gasteiger partial charge on any atom is -0.490 e. The number of aliphatic imine (C=N–C) groups is 1. The SMILES string of the molecule is CCNC(=NCC(c1cnn(C)c1)N(C)C)Nc1ccc2c(c1)OCCCO2.I. The van der Waals surface area contributed by atoms with Crippen molar-refractivity contribution < 1.29 is 9.47 Å². The standard InChI is InChI=1S/C20H30N6O2.HI/c1-5-21-20(22-13-17(25(2)3)15-12-23-26(4)14-15)24-16-7-8-18-19(11-16)28-10-6-9-27-18;/h7-8,11-12,14,17H,5-6,9-10,13H2,1-4H3,(H2,21,22,24);1H. The summed E-state index contributed by atoms with van der Waals surface area (Å²) >= 11 is 0. The summed E-state index contributed by atoms with van der Waals surface area (Å²) in [6.07, 6.45) is 4.82. The van der Waals surface area contributed by atoms with Crippen LogP contribution in [0.4, 0.5) is 5.69 Å². The largest absolute Gasteiger partial charge is 0.490 e. The molecule has 1 unspecified atom stereocenters. The highest BCUT2D eigenvalue weighted by molar-refractivity contribution is 14.0. The molecule has 2 N–H and O–H groups in total. The van der Waals surface area contributed by atoms with Gasteiger partial charge in [-0.05, 0) is 33.2 Å². The average molecular weight is 514 g/mol. The van der Waals surface area contributed by atoms with Gasteiger partial charge in [-0.3, -0.25) is 9.67 Å². The number of halogens is 1. The van der Waals surface area contributed by atoms with E-state index in [1.54, 1.807) is 0 Å². The Balaban J connectivity index is 0.00000300. The molecule has 0 saturated heterocycles. The lowest BCUT2D eigenvalue weighted by atomic mass is 10.1. The number of rotatable bonds is 6. The van der Waals surface area contributed by atoms with Gasteiger partial charge in [0.2, 0.25) is 0 Å². The van der Waals surface area contributed by atoms with Gasteiger partial charge in [0.05, 0.1) is 32.0 Å². The molecule has 1 aromatic heterocycles. The molecule has 1 aromatic carbocycles. The van der Waals surface area contributed by atoms with Crippen molar-refractivity contribution in [3.05, 3.63) is 36.2 Å². The first-order valence-corrected chi connectivity index (χ1v) is 9.66. The molecule has 0 spiro atoms. The highest BCUT2D eigenvalue weighted by Crippen LogP contribution is 2.32. The second-order valence-corrected chi connectivity index (χ2v) is 6.98. The van der Waals surface area contributed by atoms with Crippen molar-refractivity contribution in [2.45, 2.75) is 19.4 Å². The van der Waals surface area contributed by atoms with Crippen molar-refractivity contribution in [2.24, 2.45) is 12.0 Å². The molecular weight excluding hydrogens is 483 g/mol. The first-order chi connectivity index (χ1) is 13.6. The van der Waals surface area contributed by atoms with Crippen LogP contribution in [0.2, 0.25) is 0 Å². The monoisotopic (exact) mass is 514 g/mol. The molecule has 0 bridgehead atoms. The third-order valence-electron chi connectivity index (χ3n) is 4.51. The quantitative estimate of drug-likeness (QED) is 0.351. The second-order valence-electron chi connectivity index (χ2n) is 6.98. The van der Waals surface area contributed by atoms with Gasteiger partial charge in [0.1, 0.15) is 0 Å². The number of hydrogen-bond donors (Lipinski definition) is 2. The summed E-state index contributed by atoms with van der Waals surface area (Å²) in [7, 11) is 6.03. The van der Waals surface area contributed by atoms with E-state index in [0.29, 0.717) is 19.8 Å². The first kappa shape index (κ1) is 23.3. The zero-order valence-corrected chi connectivity index (χ0v) is 19.8. The number of aryl methyl sites for hydroxylation is 1. The lowest BCUT2D eigenvalue weighted by Crippen LogP contribution is -2.32. The highest BCUT2D eigenvalue weighted by atomic mass is 127. The fourth-order valence-corrected chi connectivity index (χ4v) is 3.04. The van der Waals surface area contributed by atoms with E-state index in [4.69, 9.17) is 14.5 Å². The molecule has 0 fully saturated rings. The molecule has 160 valence electrons. The molecule has 1 atom stereocenters. The van der Waals surface area contributed by atoms with Gasteiger partial charge < -0.3 is 25.0 Å². The van der Waals surface area contributed by atoms with E-state index in [0.717, 1.165) is 41.7 Å². The Hall–Kier alpha value is -2.01. The Kier molecular flexibility index (Phi) is 9.02. The maximum atomic E-state index is 5.78. The molecule has 2 heterocycles. The van der Waals surface area contributed by atoms with Crippen LogP contribution in [0.1, 0.15) is 24.9 Å². The van der Waals surface area contributed by atoms with Crippen LogP contribution in [0.3, 0.4) is 0 Å². The number of anilines is 1. The summed E-state index contributed by atoms with van der Waals surface area (Å²) in [6.45, 7) is 4.79. The Labute approximate surface area is 189 Å². The number of nitrogens with one attached hydrogen (secondary N) is 2. The summed E-state index contributed by atoms with van der Waals surface area (Å²) in [4.78, 5) is 6.94. The molecule has 8 nitrogen and oxygen atoms in total. The molecule has 2 aromatic rings. The predicted octanol–water partition coefficient (Wildman–Crippen LogP) is 2.88. The fourth-order valence-electron chi connectivity index (χ4n) is 3.04. The van der Waals surface area contributed by atoms with Crippen molar-refractivity contribution in [1.29, 1.82) is 0 Å². The van der Waals surface area contributed by atoms with Gasteiger partial charge in [-0.1, -0.05) is 0 Å². The van der Waals surface area contributed by atoms with Crippen LogP contribution in [0.25, 0.3) is 0 Å². The number of likely N-dealkylation sites (N-methyl/N-ethyl adjacent to an activating group) is 1. The van der Waals surface area contributed by atoms with Crippen LogP contribution in [-0.4, -0.2) is 61.0 Å². The fraction of sp³-hybridized carbons (Fsp3) is 0.500. The second kappa shape index (κ2) is 11.2. The smallest absolute Gasteiger partial charge is 0.195 e. The Morgan fingerprint density at radius 2 is 2.03 bits per heavy atom. The molecule has 0 radical (unpaired) electrons. The maximum Gasteiger partial charge on any atom is 0.195 e. The molecule has 1 aliphatic rings. The van der Waals surface area contributed by atoms with Crippen molar-refractivity contribution >= 4 is 35.6 Å². The molecular formula is C20H31IN6O2. The summed E-state index contributed by atoms with van der Waals surface area (Å²) < 4.78 is 13.3. The number of hydrogen-bond acceptors (Lipinski definition) is 5. The van der Waals surface area contributed by atoms with E-state index < -0.39 is 0 Å². The number of aromatic nitrogens is 2. The van der Waals surface area contributed by atoms with Crippen molar-refractivity contribution in [3.63, 3.8) is 0 Å². The number of nitrogens with zero attached hydrogens (tertiary/aromatic N) is 4. The van der Waals surface area contributed by atoms with E-state index in [-0.39, 0.29) is 30.0 Å². The van der Waals surface area contributed by atoms with Gasteiger partial charge >= 0.3 is 0 Å². The Morgan fingerprint density at radius 1 is 1.28 bits per heavy atom. The van der Waals surface area contributed by atoms with E-state index in [9.17, 15) is 0 Å². The lowest BCUT2D eigenvalue weighted by Gasteiger charge is -2.22. The van der Waals surface area contributed by atoms with Crippen LogP contribution in [0.15, 0.2) is 35.6 Å². The van der Waals surface area contributed by atoms with Crippen LogP contribution in [0.5, 0.6) is 11.5 Å². The average Bonchev–Trinajstić information content (AvgIpc) is 2.95. The van der Waals surface area contributed by atoms with Gasteiger partial charge in [0, 0.05) is 43.5 Å². The number of fused-ring (bicyclic) bond motifs is 1. The maximum absolute atomic E-state index is 5.78. The minimum absolute atomic E-state index is 0. The Bertz CT molecular complexity index is 808. The van der Waals surface area contributed by atoms with Crippen LogP contribution in [-0.2, 0) is 7.05 Å². The van der Waals surface area contributed by atoms with Crippen molar-refractivity contribution in [3.8, 4) is 11.5 Å². The molecule has 3 rings (SSSR count). The van der Waals surface area contributed by atoms with Gasteiger partial charge in [0.25, 0.3) is 0 Å².